The lowest BCUT2D eigenvalue weighted by atomic mass is 10.4. The maximum absolute atomic E-state index is 5.79. The number of ether oxygens (including phenoxy) is 1. The van der Waals surface area contributed by atoms with Gasteiger partial charge in [-0.3, -0.25) is 0 Å². The Hall–Kier alpha value is -1.45. The van der Waals surface area contributed by atoms with Crippen molar-refractivity contribution >= 4 is 11.5 Å². The number of anilines is 2. The van der Waals surface area contributed by atoms with E-state index in [1.54, 1.807) is 0 Å². The molecule has 0 aliphatic heterocycles. The predicted octanol–water partition coefficient (Wildman–Crippen LogP) is 1.52. The van der Waals surface area contributed by atoms with Crippen molar-refractivity contribution in [3.05, 3.63) is 12.1 Å². The summed E-state index contributed by atoms with van der Waals surface area (Å²) in [7, 11) is 3.90. The van der Waals surface area contributed by atoms with Gasteiger partial charge in [-0.2, -0.15) is 4.98 Å². The van der Waals surface area contributed by atoms with Gasteiger partial charge in [0.1, 0.15) is 5.82 Å². The summed E-state index contributed by atoms with van der Waals surface area (Å²) in [5.74, 6) is 2.15. The van der Waals surface area contributed by atoms with Crippen LogP contribution in [0.25, 0.3) is 0 Å². The first kappa shape index (κ1) is 10.1. The highest BCUT2D eigenvalue weighted by Gasteiger charge is 2.22. The Morgan fingerprint density at radius 3 is 2.80 bits per heavy atom. The van der Waals surface area contributed by atoms with E-state index in [0.717, 1.165) is 12.4 Å². The lowest BCUT2D eigenvalue weighted by Crippen LogP contribution is -2.12. The number of hydrogen-bond donors (Lipinski definition) is 1. The zero-order valence-electron chi connectivity index (χ0n) is 9.23. The van der Waals surface area contributed by atoms with Crippen molar-refractivity contribution in [1.82, 2.24) is 4.98 Å². The normalized spacial score (nSPS) is 15.1. The van der Waals surface area contributed by atoms with E-state index < -0.39 is 0 Å². The fourth-order valence-electron chi connectivity index (χ4n) is 1.29. The molecule has 1 fully saturated rings. The maximum Gasteiger partial charge on any atom is 0.239 e. The number of hydrogen-bond acceptors (Lipinski definition) is 4. The van der Waals surface area contributed by atoms with Crippen LogP contribution in [-0.4, -0.2) is 25.7 Å². The highest BCUT2D eigenvalue weighted by atomic mass is 16.5. The van der Waals surface area contributed by atoms with Crippen LogP contribution in [-0.2, 0) is 0 Å². The number of pyridine rings is 1. The van der Waals surface area contributed by atoms with Gasteiger partial charge >= 0.3 is 0 Å². The molecule has 1 aliphatic rings. The smallest absolute Gasteiger partial charge is 0.239 e. The van der Waals surface area contributed by atoms with Crippen LogP contribution < -0.4 is 15.4 Å². The molecule has 1 saturated carbocycles. The molecule has 0 unspecified atom stereocenters. The number of nitrogens with zero attached hydrogens (tertiary/aromatic N) is 2. The zero-order chi connectivity index (χ0) is 10.8. The van der Waals surface area contributed by atoms with Gasteiger partial charge in [-0.15, -0.1) is 0 Å². The first-order chi connectivity index (χ1) is 7.16. The molecule has 2 N–H and O–H groups in total. The number of nitrogens with two attached hydrogens (primary N) is 1. The second kappa shape index (κ2) is 3.96. The molecule has 15 heavy (non-hydrogen) atoms. The number of rotatable bonds is 4. The fraction of sp³-hybridized carbons (Fsp3) is 0.545. The molecular formula is C11H17N3O. The van der Waals surface area contributed by atoms with Gasteiger partial charge in [-0.25, -0.2) is 0 Å². The second-order valence-electron chi connectivity index (χ2n) is 4.21. The first-order valence-corrected chi connectivity index (χ1v) is 5.23. The minimum Gasteiger partial charge on any atom is -0.476 e. The lowest BCUT2D eigenvalue weighted by molar-refractivity contribution is 0.290. The van der Waals surface area contributed by atoms with Gasteiger partial charge in [0, 0.05) is 14.1 Å². The molecule has 1 aromatic rings. The summed E-state index contributed by atoms with van der Waals surface area (Å²) in [6.07, 6.45) is 2.54. The van der Waals surface area contributed by atoms with E-state index in [0.29, 0.717) is 17.5 Å². The first-order valence-electron chi connectivity index (χ1n) is 5.23. The van der Waals surface area contributed by atoms with Crippen LogP contribution in [0.1, 0.15) is 12.8 Å². The van der Waals surface area contributed by atoms with Crippen molar-refractivity contribution in [3.63, 3.8) is 0 Å². The van der Waals surface area contributed by atoms with Crippen molar-refractivity contribution in [2.45, 2.75) is 12.8 Å². The predicted molar refractivity (Wildman–Crippen MR) is 61.2 cm³/mol. The van der Waals surface area contributed by atoms with Crippen LogP contribution in [0.5, 0.6) is 5.88 Å². The van der Waals surface area contributed by atoms with Gasteiger partial charge in [0.05, 0.1) is 12.3 Å². The molecule has 0 aromatic carbocycles. The summed E-state index contributed by atoms with van der Waals surface area (Å²) in [4.78, 5) is 6.28. The van der Waals surface area contributed by atoms with E-state index in [2.05, 4.69) is 4.98 Å². The SMILES string of the molecule is CN(C)c1ccc(N)c(OCC2CC2)n1. The summed E-state index contributed by atoms with van der Waals surface area (Å²) < 4.78 is 5.59. The molecule has 1 heterocycles. The van der Waals surface area contributed by atoms with E-state index in [-0.39, 0.29) is 0 Å². The van der Waals surface area contributed by atoms with Crippen LogP contribution in [0.4, 0.5) is 11.5 Å². The summed E-state index contributed by atoms with van der Waals surface area (Å²) in [6.45, 7) is 0.744. The van der Waals surface area contributed by atoms with E-state index >= 15 is 0 Å². The van der Waals surface area contributed by atoms with E-state index in [4.69, 9.17) is 10.5 Å². The van der Waals surface area contributed by atoms with Crippen molar-refractivity contribution in [1.29, 1.82) is 0 Å². The molecule has 4 nitrogen and oxygen atoms in total. The lowest BCUT2D eigenvalue weighted by Gasteiger charge is -2.14. The van der Waals surface area contributed by atoms with Gasteiger partial charge in [0.15, 0.2) is 0 Å². The summed E-state index contributed by atoms with van der Waals surface area (Å²) >= 11 is 0. The molecule has 0 bridgehead atoms. The molecular weight excluding hydrogens is 190 g/mol. The average molecular weight is 207 g/mol. The van der Waals surface area contributed by atoms with Gasteiger partial charge < -0.3 is 15.4 Å². The Morgan fingerprint density at radius 2 is 2.20 bits per heavy atom. The minimum atomic E-state index is 0.563. The quantitative estimate of drug-likeness (QED) is 0.813. The Bertz CT molecular complexity index is 348. The Balaban J connectivity index is 2.08. The topological polar surface area (TPSA) is 51.4 Å². The molecule has 0 amide bonds. The van der Waals surface area contributed by atoms with E-state index in [9.17, 15) is 0 Å². The highest BCUT2D eigenvalue weighted by molar-refractivity contribution is 5.54. The average Bonchev–Trinajstić information content (AvgIpc) is 3.00. The molecule has 1 aliphatic carbocycles. The number of aromatic nitrogens is 1. The van der Waals surface area contributed by atoms with Crippen molar-refractivity contribution in [2.75, 3.05) is 31.3 Å². The van der Waals surface area contributed by atoms with Gasteiger partial charge in [-0.05, 0) is 30.9 Å². The van der Waals surface area contributed by atoms with Crippen molar-refractivity contribution in [3.8, 4) is 5.88 Å². The van der Waals surface area contributed by atoms with Crippen LogP contribution >= 0.6 is 0 Å². The van der Waals surface area contributed by atoms with E-state index in [1.165, 1.54) is 12.8 Å². The monoisotopic (exact) mass is 207 g/mol. The molecule has 2 rings (SSSR count). The summed E-state index contributed by atoms with van der Waals surface area (Å²) in [5, 5.41) is 0. The molecule has 82 valence electrons. The molecule has 0 atom stereocenters. The van der Waals surface area contributed by atoms with Crippen LogP contribution in [0, 0.1) is 5.92 Å². The van der Waals surface area contributed by atoms with Gasteiger partial charge in [0.25, 0.3) is 0 Å². The van der Waals surface area contributed by atoms with Crippen molar-refractivity contribution < 1.29 is 4.74 Å². The third-order valence-corrected chi connectivity index (χ3v) is 2.49. The third-order valence-electron chi connectivity index (χ3n) is 2.49. The number of nitrogen functional groups attached to an aromatic ring is 1. The second-order valence-corrected chi connectivity index (χ2v) is 4.21. The van der Waals surface area contributed by atoms with E-state index in [1.807, 2.05) is 31.1 Å². The fourth-order valence-corrected chi connectivity index (χ4v) is 1.29. The van der Waals surface area contributed by atoms with Gasteiger partial charge in [-0.1, -0.05) is 0 Å². The van der Waals surface area contributed by atoms with Crippen LogP contribution in [0.3, 0.4) is 0 Å². The standard InChI is InChI=1S/C11H17N3O/c1-14(2)10-6-5-9(12)11(13-10)15-7-8-3-4-8/h5-6,8H,3-4,7,12H2,1-2H3. The highest BCUT2D eigenvalue weighted by Crippen LogP contribution is 2.30. The molecule has 0 radical (unpaired) electrons. The summed E-state index contributed by atoms with van der Waals surface area (Å²) in [5.41, 5.74) is 6.40. The Morgan fingerprint density at radius 1 is 1.47 bits per heavy atom. The zero-order valence-corrected chi connectivity index (χ0v) is 9.23. The van der Waals surface area contributed by atoms with Gasteiger partial charge in [0.2, 0.25) is 5.88 Å². The maximum atomic E-state index is 5.79. The van der Waals surface area contributed by atoms with Crippen LogP contribution in [0.15, 0.2) is 12.1 Å². The molecule has 4 heteroatoms. The third kappa shape index (κ3) is 2.52. The minimum absolute atomic E-state index is 0.563. The Kier molecular flexibility index (Phi) is 2.66. The van der Waals surface area contributed by atoms with Crippen molar-refractivity contribution in [2.24, 2.45) is 5.92 Å². The Labute approximate surface area is 90.0 Å². The summed E-state index contributed by atoms with van der Waals surface area (Å²) in [6, 6.07) is 3.73. The molecule has 1 aromatic heterocycles. The molecule has 0 saturated heterocycles. The van der Waals surface area contributed by atoms with Crippen LogP contribution in [0.2, 0.25) is 0 Å². The molecule has 0 spiro atoms. The largest absolute Gasteiger partial charge is 0.476 e.